The molecular formula is C37H52N4O5S. The van der Waals surface area contributed by atoms with E-state index in [1.54, 1.807) is 12.1 Å². The van der Waals surface area contributed by atoms with Crippen molar-refractivity contribution in [2.45, 2.75) is 112 Å². The maximum Gasteiger partial charge on any atom is 0.297 e. The summed E-state index contributed by atoms with van der Waals surface area (Å²) in [4.78, 5) is 10.6. The van der Waals surface area contributed by atoms with Gasteiger partial charge in [0.1, 0.15) is 11.4 Å². The molecule has 0 spiro atoms. The molecule has 10 heteroatoms. The van der Waals surface area contributed by atoms with Crippen LogP contribution in [0.1, 0.15) is 104 Å². The number of fused-ring (bicyclic) bond motifs is 1. The van der Waals surface area contributed by atoms with Gasteiger partial charge in [0.25, 0.3) is 6.04 Å². The van der Waals surface area contributed by atoms with Crippen molar-refractivity contribution in [1.29, 1.82) is 0 Å². The fraction of sp³-hybridized carbons (Fsp3) is 0.541. The van der Waals surface area contributed by atoms with Gasteiger partial charge in [0.05, 0.1) is 11.4 Å². The van der Waals surface area contributed by atoms with Crippen molar-refractivity contribution in [3.8, 4) is 5.75 Å². The molecule has 0 saturated carbocycles. The van der Waals surface area contributed by atoms with Gasteiger partial charge in [-0.2, -0.15) is 8.42 Å². The summed E-state index contributed by atoms with van der Waals surface area (Å²) < 4.78 is 23.5. The number of nitrogens with two attached hydrogens (primary N) is 1. The normalized spacial score (nSPS) is 16.9. The largest absolute Gasteiger partial charge is 0.507 e. The summed E-state index contributed by atoms with van der Waals surface area (Å²) in [6.07, 6.45) is 16.4. The Kier molecular flexibility index (Phi) is 14.4. The molecule has 0 bridgehead atoms. The molecule has 3 atom stereocenters. The number of hydrogen-bond acceptors (Lipinski definition) is 8. The second kappa shape index (κ2) is 17.9. The molecule has 256 valence electrons. The lowest BCUT2D eigenvalue weighted by Crippen LogP contribution is -2.37. The van der Waals surface area contributed by atoms with E-state index in [0.29, 0.717) is 39.9 Å². The van der Waals surface area contributed by atoms with Crippen LogP contribution in [0.25, 0.3) is 10.8 Å². The molecule has 3 rings (SSSR count). The van der Waals surface area contributed by atoms with E-state index in [1.807, 2.05) is 19.1 Å². The van der Waals surface area contributed by atoms with Crippen LogP contribution in [0.5, 0.6) is 5.75 Å². The topological polar surface area (TPSA) is 148 Å². The molecule has 2 aromatic rings. The molecule has 1 aliphatic rings. The van der Waals surface area contributed by atoms with Crippen molar-refractivity contribution in [2.75, 3.05) is 0 Å². The average molecular weight is 665 g/mol. The minimum atomic E-state index is -2.90. The summed E-state index contributed by atoms with van der Waals surface area (Å²) in [5, 5.41) is 32.9. The number of phenolic OH excluding ortho intramolecular Hbond substituents is 1. The quantitative estimate of drug-likeness (QED) is 0.0566. The summed E-state index contributed by atoms with van der Waals surface area (Å²) in [6.45, 7) is 13.3. The lowest BCUT2D eigenvalue weighted by molar-refractivity contribution is -0.492. The number of azo groups is 1. The SMILES string of the molecule is CC(=CCc1c(C)c(N=NC2=CC=C(N)C(=S(=O)=O)C2[N+](=O)[O-])c2ccccc2c1O)CCCC(C)CCCC(C)CCCC(C)C. The van der Waals surface area contributed by atoms with Crippen LogP contribution >= 0.6 is 0 Å². The first-order chi connectivity index (χ1) is 22.3. The summed E-state index contributed by atoms with van der Waals surface area (Å²) in [7, 11) is -2.90. The van der Waals surface area contributed by atoms with E-state index in [0.717, 1.165) is 24.7 Å². The van der Waals surface area contributed by atoms with Crippen LogP contribution < -0.4 is 5.73 Å². The number of aromatic hydroxyl groups is 1. The van der Waals surface area contributed by atoms with Crippen LogP contribution in [0.15, 0.2) is 69.7 Å². The number of nitro groups is 1. The summed E-state index contributed by atoms with van der Waals surface area (Å²) in [5.74, 6) is 2.47. The predicted molar refractivity (Wildman–Crippen MR) is 192 cm³/mol. The molecule has 0 fully saturated rings. The Labute approximate surface area is 281 Å². The lowest BCUT2D eigenvalue weighted by atomic mass is 9.91. The van der Waals surface area contributed by atoms with Gasteiger partial charge in [-0.15, -0.1) is 10.2 Å². The number of allylic oxidation sites excluding steroid dienone is 4. The highest BCUT2D eigenvalue weighted by Crippen LogP contribution is 2.41. The molecule has 9 nitrogen and oxygen atoms in total. The Hall–Kier alpha value is -3.79. The summed E-state index contributed by atoms with van der Waals surface area (Å²) in [6, 6.07) is 5.48. The summed E-state index contributed by atoms with van der Waals surface area (Å²) >= 11 is 0. The van der Waals surface area contributed by atoms with Crippen LogP contribution in [0, 0.1) is 34.8 Å². The van der Waals surface area contributed by atoms with Gasteiger partial charge in [-0.25, -0.2) is 0 Å². The molecule has 0 aliphatic heterocycles. The third kappa shape index (κ3) is 10.6. The fourth-order valence-corrected chi connectivity index (χ4v) is 6.92. The van der Waals surface area contributed by atoms with Crippen LogP contribution in [-0.2, 0) is 16.7 Å². The van der Waals surface area contributed by atoms with E-state index in [4.69, 9.17) is 5.73 Å². The Morgan fingerprint density at radius 1 is 0.979 bits per heavy atom. The van der Waals surface area contributed by atoms with E-state index in [9.17, 15) is 23.6 Å². The zero-order valence-electron chi connectivity index (χ0n) is 28.8. The maximum absolute atomic E-state index is 11.8. The monoisotopic (exact) mass is 664 g/mol. The first-order valence-corrected chi connectivity index (χ1v) is 18.0. The van der Waals surface area contributed by atoms with E-state index in [2.05, 4.69) is 50.9 Å². The van der Waals surface area contributed by atoms with Gasteiger partial charge in [-0.1, -0.05) is 109 Å². The molecule has 0 amide bonds. The van der Waals surface area contributed by atoms with Crippen molar-refractivity contribution in [3.05, 3.63) is 80.7 Å². The van der Waals surface area contributed by atoms with Crippen molar-refractivity contribution >= 4 is 31.6 Å². The van der Waals surface area contributed by atoms with Gasteiger partial charge in [-0.3, -0.25) is 10.1 Å². The number of hydrogen-bond donors (Lipinski definition) is 2. The van der Waals surface area contributed by atoms with E-state index < -0.39 is 26.1 Å². The van der Waals surface area contributed by atoms with Crippen molar-refractivity contribution in [1.82, 2.24) is 0 Å². The highest BCUT2D eigenvalue weighted by Gasteiger charge is 2.37. The Bertz CT molecular complexity index is 1680. The second-order valence-electron chi connectivity index (χ2n) is 13.7. The lowest BCUT2D eigenvalue weighted by Gasteiger charge is -2.16. The van der Waals surface area contributed by atoms with E-state index >= 15 is 0 Å². The molecular weight excluding hydrogens is 612 g/mol. The number of nitrogens with zero attached hydrogens (tertiary/aromatic N) is 3. The van der Waals surface area contributed by atoms with Crippen molar-refractivity contribution < 1.29 is 18.4 Å². The zero-order valence-corrected chi connectivity index (χ0v) is 29.6. The molecule has 0 radical (unpaired) electrons. The first kappa shape index (κ1) is 37.7. The standard InChI is InChI=1S/C37H52N4O5S/c1-24(2)12-9-13-25(3)14-10-15-26(4)16-11-17-27(5)20-21-29-28(6)34(30-18-7-8-19-31(30)36(29)42)40-39-33-23-22-32(38)37(47(45)46)35(33)41(43)44/h7-8,18-20,22-26,35,42H,9-17,21,38H2,1-6H3. The van der Waals surface area contributed by atoms with Crippen LogP contribution in [0.3, 0.4) is 0 Å². The maximum atomic E-state index is 11.8. The molecule has 1 aliphatic carbocycles. The van der Waals surface area contributed by atoms with Gasteiger partial charge in [0.15, 0.2) is 4.86 Å². The third-order valence-electron chi connectivity index (χ3n) is 9.23. The zero-order chi connectivity index (χ0) is 34.7. The van der Waals surface area contributed by atoms with Gasteiger partial charge < -0.3 is 10.8 Å². The third-order valence-corrected chi connectivity index (χ3v) is 10.0. The second-order valence-corrected chi connectivity index (χ2v) is 14.6. The first-order valence-electron chi connectivity index (χ1n) is 16.9. The number of rotatable bonds is 17. The van der Waals surface area contributed by atoms with Crippen molar-refractivity contribution in [3.63, 3.8) is 0 Å². The molecule has 47 heavy (non-hydrogen) atoms. The minimum Gasteiger partial charge on any atom is -0.507 e. The van der Waals surface area contributed by atoms with E-state index in [-0.39, 0.29) is 17.1 Å². The van der Waals surface area contributed by atoms with Crippen LogP contribution in [0.2, 0.25) is 0 Å². The smallest absolute Gasteiger partial charge is 0.297 e. The van der Waals surface area contributed by atoms with Crippen LogP contribution in [-0.4, -0.2) is 29.4 Å². The van der Waals surface area contributed by atoms with Gasteiger partial charge in [-0.05, 0) is 68.6 Å². The molecule has 0 aromatic heterocycles. The Morgan fingerprint density at radius 3 is 2.17 bits per heavy atom. The van der Waals surface area contributed by atoms with Gasteiger partial charge in [0, 0.05) is 21.3 Å². The highest BCUT2D eigenvalue weighted by molar-refractivity contribution is 7.73. The van der Waals surface area contributed by atoms with Gasteiger partial charge >= 0.3 is 0 Å². The van der Waals surface area contributed by atoms with Gasteiger partial charge in [0.2, 0.25) is 10.3 Å². The average Bonchev–Trinajstić information content (AvgIpc) is 3.00. The molecule has 0 saturated heterocycles. The summed E-state index contributed by atoms with van der Waals surface area (Å²) in [5.41, 5.74) is 8.49. The molecule has 3 unspecified atom stereocenters. The Morgan fingerprint density at radius 2 is 1.57 bits per heavy atom. The van der Waals surface area contributed by atoms with Crippen molar-refractivity contribution in [2.24, 2.45) is 33.7 Å². The predicted octanol–water partition coefficient (Wildman–Crippen LogP) is 9.30. The Balaban J connectivity index is 1.70. The highest BCUT2D eigenvalue weighted by atomic mass is 32.2. The molecule has 2 aromatic carbocycles. The van der Waals surface area contributed by atoms with Crippen LogP contribution in [0.4, 0.5) is 5.69 Å². The minimum absolute atomic E-state index is 0.150. The van der Waals surface area contributed by atoms with E-state index in [1.165, 1.54) is 62.7 Å². The molecule has 0 heterocycles. The number of benzene rings is 2. The molecule has 3 N–H and O–H groups in total. The number of phenols is 1. The fourth-order valence-electron chi connectivity index (χ4n) is 6.27.